The van der Waals surface area contributed by atoms with Gasteiger partial charge in [0.05, 0.1) is 0 Å². The molecule has 1 aromatic carbocycles. The molecule has 1 atom stereocenters. The fourth-order valence-electron chi connectivity index (χ4n) is 2.43. The highest BCUT2D eigenvalue weighted by atomic mass is 19.1. The summed E-state index contributed by atoms with van der Waals surface area (Å²) >= 11 is 0. The Balaban J connectivity index is 2.13. The molecule has 1 heterocycles. The van der Waals surface area contributed by atoms with Crippen LogP contribution in [0, 0.1) is 18.7 Å². The Morgan fingerprint density at radius 3 is 2.68 bits per heavy atom. The number of carboxylic acid groups (broad SMARTS) is 1. The van der Waals surface area contributed by atoms with Crippen molar-refractivity contribution in [3.8, 4) is 0 Å². The van der Waals surface area contributed by atoms with Crippen LogP contribution in [0.4, 0.5) is 10.1 Å². The van der Waals surface area contributed by atoms with Gasteiger partial charge >= 0.3 is 5.97 Å². The minimum absolute atomic E-state index is 0.00910. The predicted octanol–water partition coefficient (Wildman–Crippen LogP) is 2.43. The van der Waals surface area contributed by atoms with Crippen LogP contribution in [0.5, 0.6) is 0 Å². The number of halogens is 1. The fraction of sp³-hybridized carbons (Fsp3) is 0.500. The topological polar surface area (TPSA) is 58.6 Å². The fourth-order valence-corrected chi connectivity index (χ4v) is 2.43. The van der Waals surface area contributed by atoms with Gasteiger partial charge in [0.15, 0.2) is 0 Å². The number of hydrogen-bond acceptors (Lipinski definition) is 3. The summed E-state index contributed by atoms with van der Waals surface area (Å²) in [6.07, 6.45) is 1.41. The zero-order chi connectivity index (χ0) is 13.8. The number of carbonyl (C=O) groups is 1. The SMILES string of the molecule is Cc1cc(F)cc(NC(C(=O)O)C2CCOCC2)c1. The van der Waals surface area contributed by atoms with Gasteiger partial charge in [-0.25, -0.2) is 9.18 Å². The lowest BCUT2D eigenvalue weighted by molar-refractivity contribution is -0.140. The van der Waals surface area contributed by atoms with Gasteiger partial charge in [0, 0.05) is 18.9 Å². The van der Waals surface area contributed by atoms with Gasteiger partial charge in [-0.3, -0.25) is 0 Å². The zero-order valence-electron chi connectivity index (χ0n) is 10.9. The molecule has 1 saturated heterocycles. The smallest absolute Gasteiger partial charge is 0.326 e. The molecule has 2 rings (SSSR count). The molecule has 0 spiro atoms. The van der Waals surface area contributed by atoms with Crippen molar-refractivity contribution in [2.75, 3.05) is 18.5 Å². The third-order valence-corrected chi connectivity index (χ3v) is 3.37. The van der Waals surface area contributed by atoms with Gasteiger partial charge in [0.1, 0.15) is 11.9 Å². The Morgan fingerprint density at radius 1 is 1.42 bits per heavy atom. The number of nitrogens with one attached hydrogen (secondary N) is 1. The maximum atomic E-state index is 13.3. The number of hydrogen-bond donors (Lipinski definition) is 2. The monoisotopic (exact) mass is 267 g/mol. The van der Waals surface area contributed by atoms with Crippen LogP contribution in [0.2, 0.25) is 0 Å². The van der Waals surface area contributed by atoms with E-state index in [9.17, 15) is 14.3 Å². The maximum absolute atomic E-state index is 13.3. The molecule has 0 amide bonds. The van der Waals surface area contributed by atoms with Gasteiger partial charge < -0.3 is 15.2 Å². The minimum Gasteiger partial charge on any atom is -0.480 e. The molecule has 104 valence electrons. The quantitative estimate of drug-likeness (QED) is 0.879. The van der Waals surface area contributed by atoms with E-state index in [1.807, 2.05) is 0 Å². The molecule has 0 radical (unpaired) electrons. The van der Waals surface area contributed by atoms with Crippen LogP contribution in [0.15, 0.2) is 18.2 Å². The molecule has 1 aromatic rings. The van der Waals surface area contributed by atoms with Crippen LogP contribution < -0.4 is 5.32 Å². The van der Waals surface area contributed by atoms with Gasteiger partial charge in [-0.2, -0.15) is 0 Å². The minimum atomic E-state index is -0.909. The van der Waals surface area contributed by atoms with E-state index >= 15 is 0 Å². The lowest BCUT2D eigenvalue weighted by Crippen LogP contribution is -2.39. The molecule has 0 aliphatic carbocycles. The molecule has 1 aliphatic heterocycles. The van der Waals surface area contributed by atoms with Crippen LogP contribution in [0.3, 0.4) is 0 Å². The van der Waals surface area contributed by atoms with Crippen LogP contribution in [0.25, 0.3) is 0 Å². The first kappa shape index (κ1) is 13.8. The first-order chi connectivity index (χ1) is 9.06. The average molecular weight is 267 g/mol. The largest absolute Gasteiger partial charge is 0.480 e. The first-order valence-corrected chi connectivity index (χ1v) is 6.40. The van der Waals surface area contributed by atoms with Gasteiger partial charge in [-0.15, -0.1) is 0 Å². The molecule has 0 bridgehead atoms. The van der Waals surface area contributed by atoms with Crippen LogP contribution in [-0.2, 0) is 9.53 Å². The number of aryl methyl sites for hydroxylation is 1. The predicted molar refractivity (Wildman–Crippen MR) is 69.7 cm³/mol. The number of carboxylic acids is 1. The van der Waals surface area contributed by atoms with Gasteiger partial charge in [-0.1, -0.05) is 0 Å². The Labute approximate surface area is 111 Å². The van der Waals surface area contributed by atoms with E-state index in [4.69, 9.17) is 4.74 Å². The summed E-state index contributed by atoms with van der Waals surface area (Å²) in [5.41, 5.74) is 1.27. The van der Waals surface area contributed by atoms with E-state index in [1.165, 1.54) is 12.1 Å². The lowest BCUT2D eigenvalue weighted by Gasteiger charge is -2.28. The second-order valence-corrected chi connectivity index (χ2v) is 4.93. The first-order valence-electron chi connectivity index (χ1n) is 6.40. The van der Waals surface area contributed by atoms with Crippen molar-refractivity contribution in [1.82, 2.24) is 0 Å². The Bertz CT molecular complexity index is 438. The number of aliphatic carboxylic acids is 1. The van der Waals surface area contributed by atoms with Gasteiger partial charge in [-0.05, 0) is 49.4 Å². The number of anilines is 1. The van der Waals surface area contributed by atoms with E-state index in [1.54, 1.807) is 13.0 Å². The van der Waals surface area contributed by atoms with E-state index in [0.717, 1.165) is 5.56 Å². The second kappa shape index (κ2) is 6.02. The van der Waals surface area contributed by atoms with E-state index < -0.39 is 12.0 Å². The second-order valence-electron chi connectivity index (χ2n) is 4.93. The molecular formula is C14H18FNO3. The van der Waals surface area contributed by atoms with Crippen molar-refractivity contribution in [1.29, 1.82) is 0 Å². The van der Waals surface area contributed by atoms with Crippen molar-refractivity contribution in [3.05, 3.63) is 29.6 Å². The molecule has 2 N–H and O–H groups in total. The highest BCUT2D eigenvalue weighted by Gasteiger charge is 2.29. The molecule has 0 saturated carbocycles. The highest BCUT2D eigenvalue weighted by molar-refractivity contribution is 5.77. The molecule has 5 heteroatoms. The summed E-state index contributed by atoms with van der Waals surface area (Å²) in [5.74, 6) is -1.26. The van der Waals surface area contributed by atoms with E-state index in [-0.39, 0.29) is 11.7 Å². The Morgan fingerprint density at radius 2 is 2.11 bits per heavy atom. The number of ether oxygens (including phenoxy) is 1. The van der Waals surface area contributed by atoms with Crippen LogP contribution in [0.1, 0.15) is 18.4 Å². The molecule has 19 heavy (non-hydrogen) atoms. The summed E-state index contributed by atoms with van der Waals surface area (Å²) < 4.78 is 18.6. The van der Waals surface area contributed by atoms with E-state index in [0.29, 0.717) is 31.7 Å². The number of benzene rings is 1. The van der Waals surface area contributed by atoms with Gasteiger partial charge in [0.25, 0.3) is 0 Å². The molecule has 0 aromatic heterocycles. The average Bonchev–Trinajstić information content (AvgIpc) is 2.35. The number of rotatable bonds is 4. The third-order valence-electron chi connectivity index (χ3n) is 3.37. The summed E-state index contributed by atoms with van der Waals surface area (Å²) in [7, 11) is 0. The summed E-state index contributed by atoms with van der Waals surface area (Å²) in [5, 5.41) is 12.3. The molecule has 1 aliphatic rings. The van der Waals surface area contributed by atoms with E-state index in [2.05, 4.69) is 5.32 Å². The Kier molecular flexibility index (Phi) is 4.37. The van der Waals surface area contributed by atoms with Crippen molar-refractivity contribution in [2.45, 2.75) is 25.8 Å². The van der Waals surface area contributed by atoms with Crippen molar-refractivity contribution in [3.63, 3.8) is 0 Å². The third kappa shape index (κ3) is 3.67. The molecule has 4 nitrogen and oxygen atoms in total. The normalized spacial score (nSPS) is 18.0. The molecular weight excluding hydrogens is 249 g/mol. The zero-order valence-corrected chi connectivity index (χ0v) is 10.9. The van der Waals surface area contributed by atoms with Crippen LogP contribution in [-0.4, -0.2) is 30.3 Å². The Hall–Kier alpha value is -1.62. The molecule has 1 fully saturated rings. The van der Waals surface area contributed by atoms with Crippen LogP contribution >= 0.6 is 0 Å². The maximum Gasteiger partial charge on any atom is 0.326 e. The van der Waals surface area contributed by atoms with Crippen molar-refractivity contribution >= 4 is 11.7 Å². The summed E-state index contributed by atoms with van der Waals surface area (Å²) in [6, 6.07) is 3.78. The van der Waals surface area contributed by atoms with Crippen molar-refractivity contribution < 1.29 is 19.0 Å². The van der Waals surface area contributed by atoms with Crippen molar-refractivity contribution in [2.24, 2.45) is 5.92 Å². The lowest BCUT2D eigenvalue weighted by atomic mass is 9.91. The summed E-state index contributed by atoms with van der Waals surface area (Å²) in [6.45, 7) is 2.94. The molecule has 1 unspecified atom stereocenters. The standard InChI is InChI=1S/C14H18FNO3/c1-9-6-11(15)8-12(7-9)16-13(14(17)18)10-2-4-19-5-3-10/h6-8,10,13,16H,2-5H2,1H3,(H,17,18). The highest BCUT2D eigenvalue weighted by Crippen LogP contribution is 2.23. The summed E-state index contributed by atoms with van der Waals surface area (Å²) in [4.78, 5) is 11.4. The van der Waals surface area contributed by atoms with Gasteiger partial charge in [0.2, 0.25) is 0 Å².